The molecule has 0 aliphatic rings. The van der Waals surface area contributed by atoms with Crippen molar-refractivity contribution in [3.8, 4) is 0 Å². The Balaban J connectivity index is 4.60. The van der Waals surface area contributed by atoms with Crippen molar-refractivity contribution in [3.05, 3.63) is 0 Å². The van der Waals surface area contributed by atoms with E-state index in [9.17, 15) is 19.2 Å². The third-order valence-corrected chi connectivity index (χ3v) is 2.24. The summed E-state index contributed by atoms with van der Waals surface area (Å²) in [6.45, 7) is 1.70. The van der Waals surface area contributed by atoms with Crippen LogP contribution in [0.4, 0.5) is 4.79 Å². The molecule has 0 radical (unpaired) electrons. The van der Waals surface area contributed by atoms with Crippen molar-refractivity contribution in [1.82, 2.24) is 10.2 Å². The van der Waals surface area contributed by atoms with Gasteiger partial charge in [-0.15, -0.1) is 0 Å². The number of primary amides is 2. The average Bonchev–Trinajstić information content (AvgIpc) is 2.23. The number of carbonyl (C=O) groups excluding carboxylic acids is 3. The van der Waals surface area contributed by atoms with Crippen molar-refractivity contribution in [1.29, 1.82) is 0 Å². The summed E-state index contributed by atoms with van der Waals surface area (Å²) in [5.74, 6) is -2.72. The van der Waals surface area contributed by atoms with E-state index in [0.717, 1.165) is 4.90 Å². The highest BCUT2D eigenvalue weighted by molar-refractivity contribution is 5.87. The first-order valence-corrected chi connectivity index (χ1v) is 5.39. The Morgan fingerprint density at radius 2 is 1.53 bits per heavy atom. The molecular formula is C10H18N4O5. The summed E-state index contributed by atoms with van der Waals surface area (Å²) >= 11 is 0. The predicted molar refractivity (Wildman–Crippen MR) is 64.8 cm³/mol. The smallest absolute Gasteiger partial charge is 0.318 e. The molecule has 0 aromatic rings. The molecule has 9 heteroatoms. The topological polar surface area (TPSA) is 156 Å². The Labute approximate surface area is 109 Å². The molecular weight excluding hydrogens is 256 g/mol. The third kappa shape index (κ3) is 6.24. The lowest BCUT2D eigenvalue weighted by Crippen LogP contribution is -2.50. The lowest BCUT2D eigenvalue weighted by atomic mass is 9.94. The number of hydrogen-bond donors (Lipinski definition) is 4. The molecule has 0 saturated carbocycles. The molecule has 6 N–H and O–H groups in total. The van der Waals surface area contributed by atoms with Crippen molar-refractivity contribution in [2.45, 2.75) is 13.8 Å². The number of nitrogens with zero attached hydrogens (tertiary/aromatic N) is 1. The van der Waals surface area contributed by atoms with E-state index in [1.807, 2.05) is 0 Å². The molecule has 0 aromatic heterocycles. The van der Waals surface area contributed by atoms with Crippen molar-refractivity contribution < 1.29 is 24.3 Å². The molecule has 0 rings (SSSR count). The Morgan fingerprint density at radius 1 is 1.11 bits per heavy atom. The maximum Gasteiger partial charge on any atom is 0.318 e. The third-order valence-electron chi connectivity index (χ3n) is 2.24. The minimum atomic E-state index is -1.18. The standard InChI is InChI=1S/C10H18N4O5/c1-10(2,8(17)18)5-13-9(19)14(3-6(11)15)4-7(12)16/h3-5H2,1-2H3,(H2,11,15)(H2,12,16)(H,13,19)(H,17,18). The van der Waals surface area contributed by atoms with Crippen molar-refractivity contribution in [2.24, 2.45) is 16.9 Å². The van der Waals surface area contributed by atoms with Crippen LogP contribution in [0.15, 0.2) is 0 Å². The molecule has 108 valence electrons. The highest BCUT2D eigenvalue weighted by Gasteiger charge is 2.28. The maximum absolute atomic E-state index is 11.7. The fourth-order valence-electron chi connectivity index (χ4n) is 1.06. The molecule has 0 heterocycles. The minimum absolute atomic E-state index is 0.171. The van der Waals surface area contributed by atoms with E-state index in [0.29, 0.717) is 0 Å². The van der Waals surface area contributed by atoms with Gasteiger partial charge < -0.3 is 26.8 Å². The van der Waals surface area contributed by atoms with E-state index in [2.05, 4.69) is 5.32 Å². The van der Waals surface area contributed by atoms with Crippen molar-refractivity contribution in [3.63, 3.8) is 0 Å². The second-order valence-electron chi connectivity index (χ2n) is 4.64. The molecule has 0 aromatic carbocycles. The largest absolute Gasteiger partial charge is 0.481 e. The van der Waals surface area contributed by atoms with Crippen molar-refractivity contribution in [2.75, 3.05) is 19.6 Å². The van der Waals surface area contributed by atoms with Crippen LogP contribution in [0.3, 0.4) is 0 Å². The number of carboxylic acids is 1. The summed E-state index contributed by atoms with van der Waals surface area (Å²) in [5, 5.41) is 11.2. The first kappa shape index (κ1) is 16.7. The fraction of sp³-hybridized carbons (Fsp3) is 0.600. The number of rotatable bonds is 7. The van der Waals surface area contributed by atoms with Gasteiger partial charge in [0.15, 0.2) is 0 Å². The quantitative estimate of drug-likeness (QED) is 0.425. The number of carbonyl (C=O) groups is 4. The van der Waals surface area contributed by atoms with Gasteiger partial charge >= 0.3 is 12.0 Å². The molecule has 4 amide bonds. The second kappa shape index (κ2) is 6.57. The van der Waals surface area contributed by atoms with Crippen LogP contribution in [0.25, 0.3) is 0 Å². The fourth-order valence-corrected chi connectivity index (χ4v) is 1.06. The normalized spacial score (nSPS) is 10.6. The first-order chi connectivity index (χ1) is 8.56. The van der Waals surface area contributed by atoms with Gasteiger partial charge in [0, 0.05) is 6.54 Å². The molecule has 0 aliphatic carbocycles. The summed E-state index contributed by atoms with van der Waals surface area (Å²) < 4.78 is 0. The Hall–Kier alpha value is -2.32. The zero-order chi connectivity index (χ0) is 15.2. The Kier molecular flexibility index (Phi) is 5.77. The lowest BCUT2D eigenvalue weighted by Gasteiger charge is -2.24. The van der Waals surface area contributed by atoms with Gasteiger partial charge in [0.2, 0.25) is 11.8 Å². The van der Waals surface area contributed by atoms with Gasteiger partial charge in [0.05, 0.1) is 5.41 Å². The molecule has 0 unspecified atom stereocenters. The van der Waals surface area contributed by atoms with E-state index < -0.39 is 42.3 Å². The molecule has 0 bridgehead atoms. The predicted octanol–water partition coefficient (Wildman–Crippen LogP) is -1.92. The maximum atomic E-state index is 11.7. The van der Waals surface area contributed by atoms with Gasteiger partial charge in [-0.25, -0.2) is 4.79 Å². The molecule has 0 fully saturated rings. The van der Waals surface area contributed by atoms with Gasteiger partial charge in [-0.2, -0.15) is 0 Å². The zero-order valence-electron chi connectivity index (χ0n) is 10.8. The molecule has 0 saturated heterocycles. The second-order valence-corrected chi connectivity index (χ2v) is 4.64. The highest BCUT2D eigenvalue weighted by Crippen LogP contribution is 2.13. The van der Waals surface area contributed by atoms with Gasteiger partial charge in [0.1, 0.15) is 13.1 Å². The van der Waals surface area contributed by atoms with Gasteiger partial charge in [-0.05, 0) is 13.8 Å². The van der Waals surface area contributed by atoms with E-state index in [1.165, 1.54) is 13.8 Å². The molecule has 0 spiro atoms. The van der Waals surface area contributed by atoms with Gasteiger partial charge in [0.25, 0.3) is 0 Å². The monoisotopic (exact) mass is 274 g/mol. The number of aliphatic carboxylic acids is 1. The van der Waals surface area contributed by atoms with Crippen LogP contribution in [0.1, 0.15) is 13.8 Å². The van der Waals surface area contributed by atoms with Crippen LogP contribution in [0.5, 0.6) is 0 Å². The van der Waals surface area contributed by atoms with Crippen LogP contribution >= 0.6 is 0 Å². The van der Waals surface area contributed by atoms with Crippen LogP contribution in [0, 0.1) is 5.41 Å². The Morgan fingerprint density at radius 3 is 1.84 bits per heavy atom. The van der Waals surface area contributed by atoms with E-state index in [-0.39, 0.29) is 6.54 Å². The molecule has 0 atom stereocenters. The number of hydrogen-bond acceptors (Lipinski definition) is 4. The van der Waals surface area contributed by atoms with E-state index >= 15 is 0 Å². The summed E-state index contributed by atoms with van der Waals surface area (Å²) in [5.41, 5.74) is 8.68. The number of carboxylic acid groups (broad SMARTS) is 1. The van der Waals surface area contributed by atoms with Gasteiger partial charge in [-0.3, -0.25) is 14.4 Å². The van der Waals surface area contributed by atoms with Crippen LogP contribution in [-0.2, 0) is 14.4 Å². The Bertz CT molecular complexity index is 377. The van der Waals surface area contributed by atoms with E-state index in [1.54, 1.807) is 0 Å². The first-order valence-electron chi connectivity index (χ1n) is 5.39. The molecule has 0 aliphatic heterocycles. The number of amides is 4. The average molecular weight is 274 g/mol. The summed E-state index contributed by atoms with van der Waals surface area (Å²) in [6.07, 6.45) is 0. The highest BCUT2D eigenvalue weighted by atomic mass is 16.4. The lowest BCUT2D eigenvalue weighted by molar-refractivity contribution is -0.146. The number of nitrogens with two attached hydrogens (primary N) is 2. The summed E-state index contributed by atoms with van der Waals surface area (Å²) in [7, 11) is 0. The van der Waals surface area contributed by atoms with Crippen LogP contribution in [-0.4, -0.2) is 53.5 Å². The van der Waals surface area contributed by atoms with E-state index in [4.69, 9.17) is 16.6 Å². The minimum Gasteiger partial charge on any atom is -0.481 e. The summed E-state index contributed by atoms with van der Waals surface area (Å²) in [4.78, 5) is 44.9. The van der Waals surface area contributed by atoms with Crippen LogP contribution < -0.4 is 16.8 Å². The molecule has 19 heavy (non-hydrogen) atoms. The summed E-state index contributed by atoms with van der Waals surface area (Å²) in [6, 6.07) is -0.785. The van der Waals surface area contributed by atoms with Crippen molar-refractivity contribution >= 4 is 23.8 Å². The van der Waals surface area contributed by atoms with Gasteiger partial charge in [-0.1, -0.05) is 0 Å². The molecule has 9 nitrogen and oxygen atoms in total. The number of urea groups is 1. The van der Waals surface area contributed by atoms with Crippen LogP contribution in [0.2, 0.25) is 0 Å². The zero-order valence-corrected chi connectivity index (χ0v) is 10.8. The number of nitrogens with one attached hydrogen (secondary N) is 1. The SMILES string of the molecule is CC(C)(CNC(=O)N(CC(N)=O)CC(N)=O)C(=O)O.